The smallest absolute Gasteiger partial charge is 0.157 e. The van der Waals surface area contributed by atoms with Crippen LogP contribution in [0.15, 0.2) is 0 Å². The molecule has 0 radical (unpaired) electrons. The van der Waals surface area contributed by atoms with Gasteiger partial charge in [0.05, 0.1) is 0 Å². The van der Waals surface area contributed by atoms with Crippen LogP contribution in [0, 0.1) is 0 Å². The molecule has 4 nitrogen and oxygen atoms in total. The van der Waals surface area contributed by atoms with Crippen molar-refractivity contribution in [1.29, 1.82) is 0 Å². The maximum atomic E-state index is 5.17. The molecule has 0 bridgehead atoms. The van der Waals surface area contributed by atoms with Crippen LogP contribution in [0.1, 0.15) is 27.7 Å². The van der Waals surface area contributed by atoms with Crippen LogP contribution >= 0.6 is 0 Å². The number of rotatable bonds is 8. The molecular formula is C9H20O4. The lowest BCUT2D eigenvalue weighted by Crippen LogP contribution is -2.19. The van der Waals surface area contributed by atoms with Gasteiger partial charge >= 0.3 is 0 Å². The molecule has 0 aliphatic heterocycles. The molecule has 0 aromatic heterocycles. The van der Waals surface area contributed by atoms with Crippen LogP contribution in [0.4, 0.5) is 0 Å². The summed E-state index contributed by atoms with van der Waals surface area (Å²) in [6.07, 6.45) is -0.447. The Hall–Kier alpha value is -0.160. The number of hydrogen-bond acceptors (Lipinski definition) is 4. The SMILES string of the molecule is CCOC(C)OCOC(C)OCC. The van der Waals surface area contributed by atoms with Crippen molar-refractivity contribution in [2.75, 3.05) is 20.0 Å². The lowest BCUT2D eigenvalue weighted by atomic mass is 10.7. The molecular weight excluding hydrogens is 172 g/mol. The van der Waals surface area contributed by atoms with Crippen molar-refractivity contribution in [3.8, 4) is 0 Å². The van der Waals surface area contributed by atoms with Crippen LogP contribution in [0.5, 0.6) is 0 Å². The highest BCUT2D eigenvalue weighted by Crippen LogP contribution is 1.97. The van der Waals surface area contributed by atoms with Crippen LogP contribution in [-0.2, 0) is 18.9 Å². The predicted molar refractivity (Wildman–Crippen MR) is 49.2 cm³/mol. The van der Waals surface area contributed by atoms with Gasteiger partial charge in [0, 0.05) is 13.2 Å². The first-order valence-electron chi connectivity index (χ1n) is 4.67. The largest absolute Gasteiger partial charge is 0.353 e. The molecule has 2 unspecified atom stereocenters. The second-order valence-electron chi connectivity index (χ2n) is 2.50. The number of ether oxygens (including phenoxy) is 4. The molecule has 0 rings (SSSR count). The Bertz CT molecular complexity index is 95.8. The topological polar surface area (TPSA) is 36.9 Å². The number of hydrogen-bond donors (Lipinski definition) is 0. The van der Waals surface area contributed by atoms with E-state index in [9.17, 15) is 0 Å². The molecule has 80 valence electrons. The van der Waals surface area contributed by atoms with E-state index < -0.39 is 0 Å². The summed E-state index contributed by atoms with van der Waals surface area (Å²) >= 11 is 0. The summed E-state index contributed by atoms with van der Waals surface area (Å²) in [5, 5.41) is 0. The molecule has 0 fully saturated rings. The molecule has 2 atom stereocenters. The van der Waals surface area contributed by atoms with Crippen molar-refractivity contribution in [3.63, 3.8) is 0 Å². The van der Waals surface area contributed by atoms with Crippen LogP contribution < -0.4 is 0 Å². The van der Waals surface area contributed by atoms with Crippen LogP contribution in [-0.4, -0.2) is 32.6 Å². The van der Waals surface area contributed by atoms with Gasteiger partial charge in [0.2, 0.25) is 0 Å². The molecule has 0 aromatic carbocycles. The van der Waals surface area contributed by atoms with Crippen LogP contribution in [0.2, 0.25) is 0 Å². The van der Waals surface area contributed by atoms with E-state index in [1.54, 1.807) is 0 Å². The molecule has 0 N–H and O–H groups in total. The average Bonchev–Trinajstić information content (AvgIpc) is 2.05. The van der Waals surface area contributed by atoms with Crippen LogP contribution in [0.3, 0.4) is 0 Å². The third-order valence-corrected chi connectivity index (χ3v) is 1.41. The Morgan fingerprint density at radius 1 is 0.769 bits per heavy atom. The summed E-state index contributed by atoms with van der Waals surface area (Å²) < 4.78 is 20.6. The van der Waals surface area contributed by atoms with Crippen molar-refractivity contribution in [2.24, 2.45) is 0 Å². The molecule has 13 heavy (non-hydrogen) atoms. The fraction of sp³-hybridized carbons (Fsp3) is 1.00. The molecule has 0 aliphatic carbocycles. The van der Waals surface area contributed by atoms with Crippen molar-refractivity contribution < 1.29 is 18.9 Å². The molecule has 4 heteroatoms. The van der Waals surface area contributed by atoms with E-state index in [0.717, 1.165) is 0 Å². The van der Waals surface area contributed by atoms with Crippen LogP contribution in [0.25, 0.3) is 0 Å². The third-order valence-electron chi connectivity index (χ3n) is 1.41. The first-order chi connectivity index (χ1) is 6.20. The molecule has 0 heterocycles. The quantitative estimate of drug-likeness (QED) is 0.549. The summed E-state index contributed by atoms with van der Waals surface area (Å²) in [7, 11) is 0. The lowest BCUT2D eigenvalue weighted by molar-refractivity contribution is -0.234. The van der Waals surface area contributed by atoms with Gasteiger partial charge in [-0.05, 0) is 27.7 Å². The fourth-order valence-electron chi connectivity index (χ4n) is 0.797. The van der Waals surface area contributed by atoms with Gasteiger partial charge in [-0.1, -0.05) is 0 Å². The minimum absolute atomic E-state index is 0.197. The van der Waals surface area contributed by atoms with E-state index in [0.29, 0.717) is 13.2 Å². The van der Waals surface area contributed by atoms with E-state index in [1.807, 2.05) is 27.7 Å². The van der Waals surface area contributed by atoms with Crippen molar-refractivity contribution in [2.45, 2.75) is 40.3 Å². The maximum absolute atomic E-state index is 5.17. The van der Waals surface area contributed by atoms with Crippen molar-refractivity contribution in [1.82, 2.24) is 0 Å². The minimum Gasteiger partial charge on any atom is -0.353 e. The van der Waals surface area contributed by atoms with E-state index in [4.69, 9.17) is 18.9 Å². The second kappa shape index (κ2) is 8.44. The minimum atomic E-state index is -0.223. The van der Waals surface area contributed by atoms with Gasteiger partial charge in [-0.2, -0.15) is 0 Å². The van der Waals surface area contributed by atoms with E-state index in [1.165, 1.54) is 0 Å². The Balaban J connectivity index is 3.23. The molecule has 0 saturated carbocycles. The van der Waals surface area contributed by atoms with E-state index in [-0.39, 0.29) is 19.4 Å². The Morgan fingerprint density at radius 3 is 1.46 bits per heavy atom. The summed E-state index contributed by atoms with van der Waals surface area (Å²) in [5.41, 5.74) is 0. The average molecular weight is 192 g/mol. The monoisotopic (exact) mass is 192 g/mol. The van der Waals surface area contributed by atoms with Crippen molar-refractivity contribution >= 4 is 0 Å². The zero-order valence-electron chi connectivity index (χ0n) is 8.91. The van der Waals surface area contributed by atoms with Crippen molar-refractivity contribution in [3.05, 3.63) is 0 Å². The molecule has 0 spiro atoms. The van der Waals surface area contributed by atoms with Gasteiger partial charge in [-0.25, -0.2) is 0 Å². The summed E-state index contributed by atoms with van der Waals surface area (Å²) in [6.45, 7) is 8.98. The Kier molecular flexibility index (Phi) is 8.33. The standard InChI is InChI=1S/C9H20O4/c1-5-10-8(3)12-7-13-9(4)11-6-2/h8-9H,5-7H2,1-4H3. The first-order valence-corrected chi connectivity index (χ1v) is 4.67. The second-order valence-corrected chi connectivity index (χ2v) is 2.50. The Labute approximate surface area is 80.1 Å². The molecule has 0 aliphatic rings. The van der Waals surface area contributed by atoms with Gasteiger partial charge < -0.3 is 18.9 Å². The molecule has 0 aromatic rings. The highest BCUT2D eigenvalue weighted by molar-refractivity contribution is 4.29. The molecule has 0 amide bonds. The zero-order chi connectivity index (χ0) is 10.1. The first kappa shape index (κ1) is 12.8. The fourth-order valence-corrected chi connectivity index (χ4v) is 0.797. The highest BCUT2D eigenvalue weighted by atomic mass is 16.8. The van der Waals surface area contributed by atoms with E-state index in [2.05, 4.69) is 0 Å². The maximum Gasteiger partial charge on any atom is 0.157 e. The highest BCUT2D eigenvalue weighted by Gasteiger charge is 2.03. The third kappa shape index (κ3) is 8.18. The lowest BCUT2D eigenvalue weighted by Gasteiger charge is -2.16. The van der Waals surface area contributed by atoms with Gasteiger partial charge in [0.15, 0.2) is 19.4 Å². The zero-order valence-corrected chi connectivity index (χ0v) is 8.91. The molecule has 0 saturated heterocycles. The van der Waals surface area contributed by atoms with E-state index >= 15 is 0 Å². The van der Waals surface area contributed by atoms with Gasteiger partial charge in [-0.3, -0.25) is 0 Å². The Morgan fingerprint density at radius 2 is 1.15 bits per heavy atom. The van der Waals surface area contributed by atoms with Gasteiger partial charge in [0.25, 0.3) is 0 Å². The normalized spacial score (nSPS) is 15.7. The summed E-state index contributed by atoms with van der Waals surface area (Å²) in [4.78, 5) is 0. The van der Waals surface area contributed by atoms with Gasteiger partial charge in [0.1, 0.15) is 0 Å². The van der Waals surface area contributed by atoms with Gasteiger partial charge in [-0.15, -0.1) is 0 Å². The summed E-state index contributed by atoms with van der Waals surface area (Å²) in [5.74, 6) is 0. The summed E-state index contributed by atoms with van der Waals surface area (Å²) in [6, 6.07) is 0. The predicted octanol–water partition coefficient (Wildman–Crippen LogP) is 1.74.